The predicted octanol–water partition coefficient (Wildman–Crippen LogP) is 1.41. The fourth-order valence-electron chi connectivity index (χ4n) is 1.91. The van der Waals surface area contributed by atoms with Crippen LogP contribution >= 0.6 is 0 Å². The lowest BCUT2D eigenvalue weighted by Gasteiger charge is -2.13. The molecule has 0 spiro atoms. The minimum Gasteiger partial charge on any atom is -0.496 e. The second kappa shape index (κ2) is 10.6. The van der Waals surface area contributed by atoms with Gasteiger partial charge in [-0.3, -0.25) is 4.99 Å². The summed E-state index contributed by atoms with van der Waals surface area (Å²) < 4.78 is 21.1. The van der Waals surface area contributed by atoms with Crippen LogP contribution in [-0.4, -0.2) is 53.1 Å². The third kappa shape index (κ3) is 7.60. The molecule has 0 fully saturated rings. The molecule has 0 heterocycles. The van der Waals surface area contributed by atoms with Crippen molar-refractivity contribution in [1.29, 1.82) is 0 Å². The number of rotatable bonds is 10. The minimum absolute atomic E-state index is 0.129. The molecule has 1 unspecified atom stereocenters. The molecule has 0 amide bonds. The molecule has 0 radical (unpaired) electrons. The van der Waals surface area contributed by atoms with E-state index in [4.69, 9.17) is 24.7 Å². The summed E-state index contributed by atoms with van der Waals surface area (Å²) in [5.74, 6) is 2.50. The van der Waals surface area contributed by atoms with E-state index in [0.717, 1.165) is 6.42 Å². The quantitative estimate of drug-likeness (QED) is 0.384. The third-order valence-electron chi connectivity index (χ3n) is 2.99. The van der Waals surface area contributed by atoms with Crippen LogP contribution in [0.5, 0.6) is 17.2 Å². The van der Waals surface area contributed by atoms with E-state index in [-0.39, 0.29) is 6.04 Å². The van der Waals surface area contributed by atoms with Gasteiger partial charge in [0.05, 0.1) is 27.4 Å². The number of methoxy groups -OCH3 is 3. The van der Waals surface area contributed by atoms with Gasteiger partial charge in [-0.15, -0.1) is 0 Å². The molecule has 0 aliphatic rings. The normalized spacial score (nSPS) is 12.6. The molecule has 0 saturated carbocycles. The molecule has 1 aromatic rings. The molecule has 7 nitrogen and oxygen atoms in total. The molecule has 1 rings (SSSR count). The van der Waals surface area contributed by atoms with Gasteiger partial charge >= 0.3 is 0 Å². The first-order valence-electron chi connectivity index (χ1n) is 7.50. The lowest BCUT2D eigenvalue weighted by atomic mass is 10.3. The summed E-state index contributed by atoms with van der Waals surface area (Å²) in [4.78, 5) is 4.24. The highest BCUT2D eigenvalue weighted by atomic mass is 16.5. The highest BCUT2D eigenvalue weighted by Crippen LogP contribution is 2.27. The highest BCUT2D eigenvalue weighted by molar-refractivity contribution is 5.78. The molecule has 0 saturated heterocycles. The first kappa shape index (κ1) is 18.9. The van der Waals surface area contributed by atoms with Gasteiger partial charge in [-0.2, -0.15) is 0 Å². The lowest BCUT2D eigenvalue weighted by Crippen LogP contribution is -2.40. The van der Waals surface area contributed by atoms with Gasteiger partial charge in [0, 0.05) is 44.3 Å². The zero-order valence-electron chi connectivity index (χ0n) is 14.3. The van der Waals surface area contributed by atoms with Gasteiger partial charge in [-0.25, -0.2) is 0 Å². The zero-order chi connectivity index (χ0) is 17.1. The summed E-state index contributed by atoms with van der Waals surface area (Å²) in [7, 11) is 4.86. The number of benzene rings is 1. The van der Waals surface area contributed by atoms with Crippen LogP contribution in [0.1, 0.15) is 13.3 Å². The molecule has 0 bridgehead atoms. The van der Waals surface area contributed by atoms with E-state index in [9.17, 15) is 0 Å². The number of ether oxygens (including phenoxy) is 4. The summed E-state index contributed by atoms with van der Waals surface area (Å²) in [6, 6.07) is 5.55. The molecule has 1 aromatic carbocycles. The Labute approximate surface area is 137 Å². The molecular weight excluding hydrogens is 298 g/mol. The van der Waals surface area contributed by atoms with Crippen LogP contribution in [-0.2, 0) is 4.74 Å². The second-order valence-corrected chi connectivity index (χ2v) is 5.02. The summed E-state index contributed by atoms with van der Waals surface area (Å²) in [5, 5.41) is 3.05. The molecule has 0 aromatic heterocycles. The topological polar surface area (TPSA) is 87.3 Å². The molecule has 1 atom stereocenters. The number of nitrogens with zero attached hydrogens (tertiary/aromatic N) is 1. The van der Waals surface area contributed by atoms with E-state index in [2.05, 4.69) is 10.3 Å². The Morgan fingerprint density at radius 2 is 1.74 bits per heavy atom. The van der Waals surface area contributed by atoms with Crippen LogP contribution < -0.4 is 25.3 Å². The average Bonchev–Trinajstić information content (AvgIpc) is 2.54. The monoisotopic (exact) mass is 325 g/mol. The maximum absolute atomic E-state index is 5.78. The average molecular weight is 325 g/mol. The number of guanidine groups is 1. The van der Waals surface area contributed by atoms with Crippen molar-refractivity contribution in [3.63, 3.8) is 0 Å². The summed E-state index contributed by atoms with van der Waals surface area (Å²) in [6.45, 7) is 3.67. The molecule has 130 valence electrons. The largest absolute Gasteiger partial charge is 0.496 e. The molecule has 0 aliphatic carbocycles. The van der Waals surface area contributed by atoms with Crippen molar-refractivity contribution in [1.82, 2.24) is 5.32 Å². The Hall–Kier alpha value is -2.15. The fraction of sp³-hybridized carbons (Fsp3) is 0.562. The zero-order valence-corrected chi connectivity index (χ0v) is 14.3. The number of nitrogens with one attached hydrogen (secondary N) is 1. The summed E-state index contributed by atoms with van der Waals surface area (Å²) in [5.41, 5.74) is 5.78. The number of hydrogen-bond donors (Lipinski definition) is 2. The van der Waals surface area contributed by atoms with Crippen LogP contribution in [0, 0.1) is 0 Å². The van der Waals surface area contributed by atoms with Crippen molar-refractivity contribution < 1.29 is 18.9 Å². The lowest BCUT2D eigenvalue weighted by molar-refractivity contribution is 0.179. The van der Waals surface area contributed by atoms with Gasteiger partial charge in [-0.05, 0) is 6.92 Å². The van der Waals surface area contributed by atoms with E-state index in [1.807, 2.05) is 19.1 Å². The Bertz CT molecular complexity index is 472. The Morgan fingerprint density at radius 1 is 1.13 bits per heavy atom. The van der Waals surface area contributed by atoms with Crippen molar-refractivity contribution in [2.75, 3.05) is 41.1 Å². The van der Waals surface area contributed by atoms with Crippen LogP contribution in [0.3, 0.4) is 0 Å². The summed E-state index contributed by atoms with van der Waals surface area (Å²) >= 11 is 0. The Morgan fingerprint density at radius 3 is 2.30 bits per heavy atom. The van der Waals surface area contributed by atoms with Gasteiger partial charge < -0.3 is 30.0 Å². The predicted molar refractivity (Wildman–Crippen MR) is 90.6 cm³/mol. The van der Waals surface area contributed by atoms with Crippen molar-refractivity contribution in [3.05, 3.63) is 18.2 Å². The first-order chi connectivity index (χ1) is 11.1. The number of nitrogens with two attached hydrogens (primary N) is 1. The SMILES string of the molecule is COCC(C)NC(N)=NCCCOc1cc(OC)cc(OC)c1. The van der Waals surface area contributed by atoms with Crippen molar-refractivity contribution in [3.8, 4) is 17.2 Å². The van der Waals surface area contributed by atoms with E-state index in [1.165, 1.54) is 0 Å². The maximum atomic E-state index is 5.78. The number of aliphatic imine (C=N–C) groups is 1. The molecular formula is C16H27N3O4. The first-order valence-corrected chi connectivity index (χ1v) is 7.50. The van der Waals surface area contributed by atoms with E-state index >= 15 is 0 Å². The van der Waals surface area contributed by atoms with E-state index in [0.29, 0.717) is 43.0 Å². The maximum Gasteiger partial charge on any atom is 0.188 e. The van der Waals surface area contributed by atoms with Crippen LogP contribution in [0.2, 0.25) is 0 Å². The highest BCUT2D eigenvalue weighted by Gasteiger charge is 2.03. The van der Waals surface area contributed by atoms with E-state index < -0.39 is 0 Å². The van der Waals surface area contributed by atoms with Crippen molar-refractivity contribution in [2.24, 2.45) is 10.7 Å². The Kier molecular flexibility index (Phi) is 8.67. The second-order valence-electron chi connectivity index (χ2n) is 5.02. The van der Waals surface area contributed by atoms with Gasteiger partial charge in [0.15, 0.2) is 5.96 Å². The van der Waals surface area contributed by atoms with Crippen LogP contribution in [0.15, 0.2) is 23.2 Å². The number of hydrogen-bond acceptors (Lipinski definition) is 5. The van der Waals surface area contributed by atoms with Gasteiger partial charge in [0.25, 0.3) is 0 Å². The molecule has 3 N–H and O–H groups in total. The Balaban J connectivity index is 2.34. The third-order valence-corrected chi connectivity index (χ3v) is 2.99. The van der Waals surface area contributed by atoms with Gasteiger partial charge in [0.1, 0.15) is 17.2 Å². The molecule has 7 heteroatoms. The van der Waals surface area contributed by atoms with Crippen LogP contribution in [0.4, 0.5) is 0 Å². The summed E-state index contributed by atoms with van der Waals surface area (Å²) in [6.07, 6.45) is 0.751. The van der Waals surface area contributed by atoms with E-state index in [1.54, 1.807) is 27.4 Å². The smallest absolute Gasteiger partial charge is 0.188 e. The van der Waals surface area contributed by atoms with Gasteiger partial charge in [-0.1, -0.05) is 0 Å². The fourth-order valence-corrected chi connectivity index (χ4v) is 1.91. The molecule has 0 aliphatic heterocycles. The van der Waals surface area contributed by atoms with Gasteiger partial charge in [0.2, 0.25) is 0 Å². The van der Waals surface area contributed by atoms with Crippen molar-refractivity contribution >= 4 is 5.96 Å². The molecule has 23 heavy (non-hydrogen) atoms. The minimum atomic E-state index is 0.129. The standard InChI is InChI=1S/C16H27N3O4/c1-12(11-20-2)19-16(17)18-6-5-7-23-15-9-13(21-3)8-14(10-15)22-4/h8-10,12H,5-7,11H2,1-4H3,(H3,17,18,19). The van der Waals surface area contributed by atoms with Crippen LogP contribution in [0.25, 0.3) is 0 Å². The van der Waals surface area contributed by atoms with Crippen molar-refractivity contribution in [2.45, 2.75) is 19.4 Å².